The van der Waals surface area contributed by atoms with E-state index in [4.69, 9.17) is 15.7 Å². The molecule has 16 rings (SSSR count). The van der Waals surface area contributed by atoms with Crippen molar-refractivity contribution in [1.82, 2.24) is 29.8 Å². The second kappa shape index (κ2) is 63.9. The zero-order chi connectivity index (χ0) is 86.3. The Balaban J connectivity index is 0. The van der Waals surface area contributed by atoms with E-state index in [2.05, 4.69) is 238 Å². The van der Waals surface area contributed by atoms with Gasteiger partial charge in [0, 0.05) is 239 Å². The van der Waals surface area contributed by atoms with Crippen LogP contribution < -0.4 is 24.9 Å². The van der Waals surface area contributed by atoms with E-state index in [1.165, 1.54) is 165 Å². The third kappa shape index (κ3) is 40.6. The minimum atomic E-state index is -5.34. The number of hydrogen-bond acceptors (Lipinski definition) is 16. The van der Waals surface area contributed by atoms with E-state index in [-0.39, 0.29) is 98.1 Å². The number of likely N-dealkylation sites (tertiary alicyclic amines) is 5. The predicted octanol–water partition coefficient (Wildman–Crippen LogP) is 16.6. The van der Waals surface area contributed by atoms with Crippen molar-refractivity contribution < 1.29 is 150 Å². The average molecular weight is 1910 g/mol. The number of anilines is 4. The molecule has 10 fully saturated rings. The van der Waals surface area contributed by atoms with Crippen molar-refractivity contribution in [3.63, 3.8) is 0 Å². The summed E-state index contributed by atoms with van der Waals surface area (Å²) in [5, 5.41) is 3.42. The summed E-state index contributed by atoms with van der Waals surface area (Å²) >= 11 is 0. The topological polar surface area (TPSA) is 128 Å². The second-order valence-electron chi connectivity index (χ2n) is 28.8. The van der Waals surface area contributed by atoms with Crippen LogP contribution in [0.1, 0.15) is 94.2 Å². The van der Waals surface area contributed by atoms with Crippen LogP contribution in [0.5, 0.6) is 0 Å². The second-order valence-corrected chi connectivity index (χ2v) is 32.2. The molecule has 6 aromatic rings. The van der Waals surface area contributed by atoms with Crippen LogP contribution in [0, 0.1) is 73.0 Å². The normalized spacial score (nSPS) is 22.7. The Morgan fingerprint density at radius 2 is 0.483 bits per heavy atom. The SMILES string of the molecule is CC.CC.CC.CC.CC.CC.CN1C[C@@H]2CN(c3ccccc3)C[C@@H]2C1.CN1C[C@@H]2CN(c3ccccc3)C[C@@H]2C1.CN1C[C@H]2CNC[C@H]2C1.COS(=O)(=O)C(F)(F)F.COS(=O)(=O)C(F)(F)F.Cc1ccccc1.Cc1ccccc1.[B]CN1C[C@@H]2CN(c3ccccc3)C[C@@H]2C1.[B]CN1C[C@@H]2CN(c3ccccc3)C[C@@H]2C1.[Y].[Y].[Y]. The van der Waals surface area contributed by atoms with Gasteiger partial charge in [-0.05, 0) is 169 Å². The molecule has 0 amide bonds. The Morgan fingerprint density at radius 1 is 0.314 bits per heavy atom. The van der Waals surface area contributed by atoms with Gasteiger partial charge in [-0.1, -0.05) is 228 Å². The molecule has 0 bridgehead atoms. The molecule has 6 aromatic carbocycles. The Kier molecular flexibility index (Phi) is 63.5. The molecule has 10 heterocycles. The van der Waals surface area contributed by atoms with Gasteiger partial charge in [0.15, 0.2) is 0 Å². The molecular formula is C89H142B2F6N10O6S2Y3. The number of hydrogen-bond donors (Lipinski definition) is 1. The van der Waals surface area contributed by atoms with E-state index in [1.54, 1.807) is 0 Å². The van der Waals surface area contributed by atoms with Crippen LogP contribution in [0.4, 0.5) is 49.1 Å². The molecule has 10 atom stereocenters. The van der Waals surface area contributed by atoms with Crippen LogP contribution in [-0.4, -0.2) is 247 Å². The molecule has 10 aliphatic rings. The molecule has 10 aliphatic heterocycles. The predicted molar refractivity (Wildman–Crippen MR) is 474 cm³/mol. The molecule has 0 aromatic heterocycles. The molecule has 16 nitrogen and oxygen atoms in total. The maximum absolute atomic E-state index is 11.1. The molecule has 0 saturated carbocycles. The van der Waals surface area contributed by atoms with Gasteiger partial charge in [0.05, 0.1) is 29.9 Å². The molecule has 118 heavy (non-hydrogen) atoms. The average Bonchev–Trinajstić information content (AvgIpc) is 1.67. The summed E-state index contributed by atoms with van der Waals surface area (Å²) in [7, 11) is 8.32. The van der Waals surface area contributed by atoms with Gasteiger partial charge in [0.25, 0.3) is 0 Å². The Hall–Kier alpha value is -2.88. The fraction of sp³-hybridized carbons (Fsp3) is 0.596. The van der Waals surface area contributed by atoms with E-state index < -0.39 is 31.3 Å². The smallest absolute Gasteiger partial charge is 0.371 e. The number of para-hydroxylation sites is 4. The van der Waals surface area contributed by atoms with Gasteiger partial charge in [-0.15, -0.1) is 0 Å². The maximum Gasteiger partial charge on any atom is 0.523 e. The Morgan fingerprint density at radius 3 is 0.627 bits per heavy atom. The van der Waals surface area contributed by atoms with Crippen LogP contribution in [0.2, 0.25) is 0 Å². The molecule has 1 N–H and O–H groups in total. The number of rotatable bonds is 8. The standard InChI is InChI=1S/2C13H17BN2.2C13H18N2.C7H14N2.2C7H8.2C2H3F3O3S.6C2H6.3Y/c2*14-10-15-6-11-8-16(9-12(11)7-15)13-4-2-1-3-5-13;2*1-14-7-11-9-15(10-12(11)8-14)13-5-3-2-4-6-13;1-9-4-6-2-8-3-7(6)5-9;2*1-7-5-3-2-4-6-7;2*1-8-9(6,7)2(3,4)5;6*1-2;;;/h2*1-5,11-12H,6-10H2;2*2-6,11-12H,7-10H2,1H3;6-8H,2-5H2,1H3;2*2-6H,1H3;2*1H3;6*1-2H3;;;/t4*11-,12+;6-,7+;;;;;;;;;;;;;. The molecule has 10 saturated heterocycles. The first-order chi connectivity index (χ1) is 55.2. The molecule has 29 heteroatoms. The number of halogens is 6. The summed E-state index contributed by atoms with van der Waals surface area (Å²) in [4.78, 5) is 22.2. The zero-order valence-corrected chi connectivity index (χ0v) is 84.7. The van der Waals surface area contributed by atoms with Crippen molar-refractivity contribution in [2.45, 2.75) is 108 Å². The van der Waals surface area contributed by atoms with E-state index in [0.717, 1.165) is 72.1 Å². The van der Waals surface area contributed by atoms with Crippen molar-refractivity contribution in [2.75, 3.05) is 199 Å². The van der Waals surface area contributed by atoms with Gasteiger partial charge >= 0.3 is 31.3 Å². The summed E-state index contributed by atoms with van der Waals surface area (Å²) in [5.74, 6) is 8.82. The van der Waals surface area contributed by atoms with Gasteiger partial charge in [0.1, 0.15) is 0 Å². The van der Waals surface area contributed by atoms with Gasteiger partial charge in [0.2, 0.25) is 0 Å². The summed E-state index contributed by atoms with van der Waals surface area (Å²) in [6, 6.07) is 63.6. The third-order valence-electron chi connectivity index (χ3n) is 20.9. The fourth-order valence-corrected chi connectivity index (χ4v) is 16.1. The van der Waals surface area contributed by atoms with Crippen molar-refractivity contribution in [1.29, 1.82) is 0 Å². The summed E-state index contributed by atoms with van der Waals surface area (Å²) < 4.78 is 112. The van der Waals surface area contributed by atoms with Crippen LogP contribution in [0.15, 0.2) is 182 Å². The number of nitrogens with one attached hydrogen (secondary N) is 1. The van der Waals surface area contributed by atoms with Crippen molar-refractivity contribution in [3.05, 3.63) is 193 Å². The van der Waals surface area contributed by atoms with E-state index in [0.29, 0.717) is 14.2 Å². The van der Waals surface area contributed by atoms with Crippen molar-refractivity contribution in [2.24, 2.45) is 59.2 Å². The van der Waals surface area contributed by atoms with E-state index in [1.807, 2.05) is 119 Å². The number of fused-ring (bicyclic) bond motifs is 5. The molecule has 0 unspecified atom stereocenters. The zero-order valence-electron chi connectivity index (χ0n) is 74.6. The Labute approximate surface area is 789 Å². The number of nitrogens with zero attached hydrogens (tertiary/aromatic N) is 9. The van der Waals surface area contributed by atoms with Gasteiger partial charge in [-0.2, -0.15) is 43.2 Å². The third-order valence-corrected chi connectivity index (χ3v) is 22.9. The first kappa shape index (κ1) is 117. The van der Waals surface area contributed by atoms with E-state index in [9.17, 15) is 43.2 Å². The van der Waals surface area contributed by atoms with Crippen molar-refractivity contribution in [3.8, 4) is 0 Å². The first-order valence-electron chi connectivity index (χ1n) is 41.7. The number of benzene rings is 6. The molecule has 0 aliphatic carbocycles. The molecule has 653 valence electrons. The fourth-order valence-electron chi connectivity index (χ4n) is 15.7. The molecule has 0 spiro atoms. The van der Waals surface area contributed by atoms with Crippen molar-refractivity contribution >= 4 is 58.7 Å². The largest absolute Gasteiger partial charge is 0.523 e. The van der Waals surface area contributed by atoms with Gasteiger partial charge < -0.3 is 49.4 Å². The molecular weight excluding hydrogens is 1770 g/mol. The van der Waals surface area contributed by atoms with Crippen LogP contribution in [0.3, 0.4) is 0 Å². The van der Waals surface area contributed by atoms with E-state index >= 15 is 0 Å². The van der Waals surface area contributed by atoms with Gasteiger partial charge in [-0.25, -0.2) is 0 Å². The van der Waals surface area contributed by atoms with Crippen LogP contribution >= 0.6 is 0 Å². The minimum absolute atomic E-state index is 0. The number of aryl methyl sites for hydroxylation is 2. The molecule has 7 radical (unpaired) electrons. The van der Waals surface area contributed by atoms with Gasteiger partial charge in [-0.3, -0.25) is 8.37 Å². The minimum Gasteiger partial charge on any atom is -0.371 e. The van der Waals surface area contributed by atoms with Crippen LogP contribution in [0.25, 0.3) is 0 Å². The Bertz CT molecular complexity index is 3360. The number of alkyl halides is 6. The monoisotopic (exact) mass is 1910 g/mol. The quantitative estimate of drug-likeness (QED) is 0.0671. The summed E-state index contributed by atoms with van der Waals surface area (Å²) in [6.45, 7) is 53.0. The maximum atomic E-state index is 11.1. The first-order valence-corrected chi connectivity index (χ1v) is 44.6. The summed E-state index contributed by atoms with van der Waals surface area (Å²) in [5.41, 5.74) is -2.43. The summed E-state index contributed by atoms with van der Waals surface area (Å²) in [6.07, 6.45) is 1.44. The van der Waals surface area contributed by atoms with Crippen LogP contribution in [-0.2, 0) is 127 Å².